The summed E-state index contributed by atoms with van der Waals surface area (Å²) in [6.07, 6.45) is 3.44. The Morgan fingerprint density at radius 1 is 1.12 bits per heavy atom. The third-order valence-corrected chi connectivity index (χ3v) is 2.77. The summed E-state index contributed by atoms with van der Waals surface area (Å²) < 4.78 is 6.86. The van der Waals surface area contributed by atoms with Crippen LogP contribution in [-0.2, 0) is 0 Å². The number of aromatic nitrogens is 1. The van der Waals surface area contributed by atoms with Crippen LogP contribution in [0.3, 0.4) is 0 Å². The van der Waals surface area contributed by atoms with E-state index in [0.717, 1.165) is 17.2 Å². The highest BCUT2D eigenvalue weighted by atomic mass is 127. The van der Waals surface area contributed by atoms with Crippen LogP contribution in [0.4, 0.5) is 5.69 Å². The van der Waals surface area contributed by atoms with Crippen LogP contribution in [-0.4, -0.2) is 12.0 Å². The van der Waals surface area contributed by atoms with Crippen LogP contribution in [0.25, 0.3) is 0 Å². The zero-order valence-corrected chi connectivity index (χ0v) is 10.9. The average molecular weight is 326 g/mol. The van der Waals surface area contributed by atoms with Gasteiger partial charge in [0.25, 0.3) is 0 Å². The number of nitrogens with zero attached hydrogens (tertiary/aromatic N) is 1. The Balaban J connectivity index is 2.16. The number of ether oxygens (including phenoxy) is 1. The SMILES string of the molecule is CNc1cncc(Oc2ccc(I)cc2)c1. The van der Waals surface area contributed by atoms with Crippen LogP contribution in [0, 0.1) is 3.57 Å². The van der Waals surface area contributed by atoms with Crippen molar-refractivity contribution in [2.24, 2.45) is 0 Å². The van der Waals surface area contributed by atoms with Crippen molar-refractivity contribution >= 4 is 28.3 Å². The number of hydrogen-bond acceptors (Lipinski definition) is 3. The van der Waals surface area contributed by atoms with Gasteiger partial charge in [0.1, 0.15) is 11.5 Å². The van der Waals surface area contributed by atoms with Crippen molar-refractivity contribution in [3.8, 4) is 11.5 Å². The molecule has 0 bridgehead atoms. The Morgan fingerprint density at radius 2 is 1.88 bits per heavy atom. The lowest BCUT2D eigenvalue weighted by Crippen LogP contribution is -1.91. The molecule has 1 heterocycles. The minimum Gasteiger partial charge on any atom is -0.456 e. The van der Waals surface area contributed by atoms with Gasteiger partial charge in [-0.25, -0.2) is 0 Å². The molecule has 1 N–H and O–H groups in total. The molecule has 82 valence electrons. The first kappa shape index (κ1) is 11.2. The first-order valence-electron chi connectivity index (χ1n) is 4.84. The van der Waals surface area contributed by atoms with E-state index in [9.17, 15) is 0 Å². The van der Waals surface area contributed by atoms with Crippen molar-refractivity contribution in [1.29, 1.82) is 0 Å². The van der Waals surface area contributed by atoms with Crippen LogP contribution in [0.15, 0.2) is 42.7 Å². The summed E-state index contributed by atoms with van der Waals surface area (Å²) in [6.45, 7) is 0. The second-order valence-corrected chi connectivity index (χ2v) is 4.46. The molecule has 3 nitrogen and oxygen atoms in total. The second kappa shape index (κ2) is 5.16. The molecular formula is C12H11IN2O. The molecule has 4 heteroatoms. The molecule has 0 atom stereocenters. The van der Waals surface area contributed by atoms with Crippen molar-refractivity contribution in [3.63, 3.8) is 0 Å². The van der Waals surface area contributed by atoms with E-state index in [2.05, 4.69) is 32.9 Å². The third kappa shape index (κ3) is 2.85. The zero-order valence-electron chi connectivity index (χ0n) is 8.77. The average Bonchev–Trinajstić information content (AvgIpc) is 2.32. The summed E-state index contributed by atoms with van der Waals surface area (Å²) in [4.78, 5) is 4.08. The lowest BCUT2D eigenvalue weighted by molar-refractivity contribution is 0.480. The molecule has 0 aliphatic carbocycles. The molecule has 0 radical (unpaired) electrons. The number of rotatable bonds is 3. The van der Waals surface area contributed by atoms with Gasteiger partial charge in [0, 0.05) is 16.7 Å². The Morgan fingerprint density at radius 3 is 2.56 bits per heavy atom. The van der Waals surface area contributed by atoms with E-state index in [4.69, 9.17) is 4.74 Å². The number of hydrogen-bond donors (Lipinski definition) is 1. The minimum absolute atomic E-state index is 0.730. The topological polar surface area (TPSA) is 34.2 Å². The van der Waals surface area contributed by atoms with E-state index in [0.29, 0.717) is 0 Å². The smallest absolute Gasteiger partial charge is 0.147 e. The maximum atomic E-state index is 5.67. The van der Waals surface area contributed by atoms with Gasteiger partial charge >= 0.3 is 0 Å². The van der Waals surface area contributed by atoms with Gasteiger partial charge in [-0.05, 0) is 46.9 Å². The molecule has 2 rings (SSSR count). The lowest BCUT2D eigenvalue weighted by atomic mass is 10.3. The number of pyridine rings is 1. The van der Waals surface area contributed by atoms with Crippen molar-refractivity contribution < 1.29 is 4.74 Å². The van der Waals surface area contributed by atoms with Crippen molar-refractivity contribution in [2.45, 2.75) is 0 Å². The fraction of sp³-hybridized carbons (Fsp3) is 0.0833. The van der Waals surface area contributed by atoms with Crippen LogP contribution in [0.1, 0.15) is 0 Å². The van der Waals surface area contributed by atoms with Gasteiger partial charge in [-0.1, -0.05) is 0 Å². The van der Waals surface area contributed by atoms with Crippen LogP contribution in [0.5, 0.6) is 11.5 Å². The van der Waals surface area contributed by atoms with Crippen LogP contribution in [0.2, 0.25) is 0 Å². The Labute approximate surface area is 108 Å². The van der Waals surface area contributed by atoms with Gasteiger partial charge in [-0.2, -0.15) is 0 Å². The zero-order chi connectivity index (χ0) is 11.4. The largest absolute Gasteiger partial charge is 0.456 e. The molecule has 1 aromatic heterocycles. The highest BCUT2D eigenvalue weighted by Gasteiger charge is 1.98. The molecule has 0 spiro atoms. The van der Waals surface area contributed by atoms with E-state index in [1.807, 2.05) is 37.4 Å². The summed E-state index contributed by atoms with van der Waals surface area (Å²) in [6, 6.07) is 9.79. The van der Waals surface area contributed by atoms with Gasteiger partial charge in [0.05, 0.1) is 18.1 Å². The molecular weight excluding hydrogens is 315 g/mol. The molecule has 0 unspecified atom stereocenters. The predicted octanol–water partition coefficient (Wildman–Crippen LogP) is 3.52. The van der Waals surface area contributed by atoms with E-state index in [1.165, 1.54) is 3.57 Å². The lowest BCUT2D eigenvalue weighted by Gasteiger charge is -2.06. The Kier molecular flexibility index (Phi) is 3.61. The molecule has 1 aromatic carbocycles. The van der Waals surface area contributed by atoms with Gasteiger partial charge in [0.15, 0.2) is 0 Å². The van der Waals surface area contributed by atoms with E-state index >= 15 is 0 Å². The highest BCUT2D eigenvalue weighted by Crippen LogP contribution is 2.23. The fourth-order valence-corrected chi connectivity index (χ4v) is 1.61. The Bertz CT molecular complexity index is 471. The summed E-state index contributed by atoms with van der Waals surface area (Å²) in [7, 11) is 1.85. The number of anilines is 1. The fourth-order valence-electron chi connectivity index (χ4n) is 1.25. The van der Waals surface area contributed by atoms with E-state index in [-0.39, 0.29) is 0 Å². The number of halogens is 1. The summed E-state index contributed by atoms with van der Waals surface area (Å²) in [5.41, 5.74) is 0.933. The van der Waals surface area contributed by atoms with Crippen LogP contribution >= 0.6 is 22.6 Å². The molecule has 0 fully saturated rings. The molecule has 0 aliphatic rings. The number of nitrogens with one attached hydrogen (secondary N) is 1. The summed E-state index contributed by atoms with van der Waals surface area (Å²) in [5, 5.41) is 3.02. The molecule has 0 amide bonds. The van der Waals surface area contributed by atoms with Gasteiger partial charge in [-0.3, -0.25) is 4.98 Å². The molecule has 16 heavy (non-hydrogen) atoms. The normalized spacial score (nSPS) is 9.88. The molecule has 0 aliphatic heterocycles. The first-order valence-corrected chi connectivity index (χ1v) is 5.92. The molecule has 0 saturated heterocycles. The first-order chi connectivity index (χ1) is 7.78. The summed E-state index contributed by atoms with van der Waals surface area (Å²) in [5.74, 6) is 1.54. The van der Waals surface area contributed by atoms with E-state index in [1.54, 1.807) is 12.4 Å². The van der Waals surface area contributed by atoms with Crippen molar-refractivity contribution in [1.82, 2.24) is 4.98 Å². The van der Waals surface area contributed by atoms with Crippen molar-refractivity contribution in [2.75, 3.05) is 12.4 Å². The van der Waals surface area contributed by atoms with E-state index < -0.39 is 0 Å². The second-order valence-electron chi connectivity index (χ2n) is 3.22. The number of benzene rings is 1. The monoisotopic (exact) mass is 326 g/mol. The molecule has 2 aromatic rings. The van der Waals surface area contributed by atoms with Crippen molar-refractivity contribution in [3.05, 3.63) is 46.3 Å². The van der Waals surface area contributed by atoms with Gasteiger partial charge < -0.3 is 10.1 Å². The Hall–Kier alpha value is -1.30. The highest BCUT2D eigenvalue weighted by molar-refractivity contribution is 14.1. The minimum atomic E-state index is 0.730. The quantitative estimate of drug-likeness (QED) is 0.877. The standard InChI is InChI=1S/C12H11IN2O/c1-14-10-6-12(8-15-7-10)16-11-4-2-9(13)3-5-11/h2-8,14H,1H3. The van der Waals surface area contributed by atoms with Gasteiger partial charge in [0.2, 0.25) is 0 Å². The molecule has 0 saturated carbocycles. The predicted molar refractivity (Wildman–Crippen MR) is 73.0 cm³/mol. The van der Waals surface area contributed by atoms with Crippen LogP contribution < -0.4 is 10.1 Å². The summed E-state index contributed by atoms with van der Waals surface area (Å²) >= 11 is 2.26. The maximum Gasteiger partial charge on any atom is 0.147 e. The maximum absolute atomic E-state index is 5.67. The third-order valence-electron chi connectivity index (χ3n) is 2.05. The van der Waals surface area contributed by atoms with Gasteiger partial charge in [-0.15, -0.1) is 0 Å².